The van der Waals surface area contributed by atoms with Crippen LogP contribution >= 0.6 is 11.3 Å². The fourth-order valence-corrected chi connectivity index (χ4v) is 4.13. The quantitative estimate of drug-likeness (QED) is 0.465. The Hall–Kier alpha value is -3.26. The molecule has 162 valence electrons. The lowest BCUT2D eigenvalue weighted by molar-refractivity contribution is 0.0529. The molecule has 2 aromatic carbocycles. The molecule has 0 aliphatic rings. The molecule has 0 fully saturated rings. The minimum atomic E-state index is -1.13. The Morgan fingerprint density at radius 3 is 2.32 bits per heavy atom. The minimum Gasteiger partial charge on any atom is -0.494 e. The van der Waals surface area contributed by atoms with E-state index in [4.69, 9.17) is 9.47 Å². The summed E-state index contributed by atoms with van der Waals surface area (Å²) in [7, 11) is 0. The van der Waals surface area contributed by atoms with E-state index in [1.54, 1.807) is 19.1 Å². The largest absolute Gasteiger partial charge is 0.494 e. The normalized spacial score (nSPS) is 10.6. The Labute approximate surface area is 182 Å². The van der Waals surface area contributed by atoms with Crippen molar-refractivity contribution >= 4 is 28.2 Å². The Kier molecular flexibility index (Phi) is 7.02. The van der Waals surface area contributed by atoms with Crippen LogP contribution in [0.1, 0.15) is 39.4 Å². The van der Waals surface area contributed by atoms with Crippen molar-refractivity contribution in [2.24, 2.45) is 0 Å². The van der Waals surface area contributed by atoms with Crippen LogP contribution in [-0.4, -0.2) is 25.1 Å². The Bertz CT molecular complexity index is 1110. The number of benzene rings is 2. The summed E-state index contributed by atoms with van der Waals surface area (Å²) < 4.78 is 37.4. The number of carbonyl (C=O) groups is 2. The first-order valence-corrected chi connectivity index (χ1v) is 10.5. The van der Waals surface area contributed by atoms with Gasteiger partial charge in [0.15, 0.2) is 11.6 Å². The molecule has 0 unspecified atom stereocenters. The zero-order valence-electron chi connectivity index (χ0n) is 17.3. The number of aryl methyl sites for hydroxylation is 1. The number of thiophene rings is 1. The van der Waals surface area contributed by atoms with Gasteiger partial charge in [0.1, 0.15) is 16.3 Å². The molecule has 1 heterocycles. The van der Waals surface area contributed by atoms with Gasteiger partial charge in [-0.25, -0.2) is 13.6 Å². The molecular weight excluding hydrogens is 424 g/mol. The van der Waals surface area contributed by atoms with E-state index in [1.165, 1.54) is 17.4 Å². The van der Waals surface area contributed by atoms with Crippen LogP contribution in [0.4, 0.5) is 13.8 Å². The van der Waals surface area contributed by atoms with Crippen LogP contribution in [0, 0.1) is 18.6 Å². The van der Waals surface area contributed by atoms with E-state index in [9.17, 15) is 18.4 Å². The first-order chi connectivity index (χ1) is 14.8. The number of ether oxygens (including phenoxy) is 2. The topological polar surface area (TPSA) is 64.6 Å². The van der Waals surface area contributed by atoms with Crippen molar-refractivity contribution in [3.8, 4) is 16.9 Å². The molecule has 1 amide bonds. The van der Waals surface area contributed by atoms with Crippen molar-refractivity contribution in [1.82, 2.24) is 0 Å². The maximum absolute atomic E-state index is 13.5. The van der Waals surface area contributed by atoms with Crippen molar-refractivity contribution in [1.29, 1.82) is 0 Å². The zero-order chi connectivity index (χ0) is 22.5. The van der Waals surface area contributed by atoms with Crippen LogP contribution < -0.4 is 10.1 Å². The molecule has 8 heteroatoms. The minimum absolute atomic E-state index is 0.0672. The molecule has 0 aliphatic heterocycles. The molecule has 1 aromatic heterocycles. The number of nitrogens with one attached hydrogen (secondary N) is 1. The zero-order valence-corrected chi connectivity index (χ0v) is 18.1. The number of anilines is 1. The lowest BCUT2D eigenvalue weighted by atomic mass is 10.0. The number of rotatable bonds is 7. The van der Waals surface area contributed by atoms with E-state index < -0.39 is 23.5 Å². The van der Waals surface area contributed by atoms with E-state index in [0.717, 1.165) is 22.6 Å². The van der Waals surface area contributed by atoms with E-state index in [-0.39, 0.29) is 22.7 Å². The number of amides is 1. The third kappa shape index (κ3) is 4.91. The van der Waals surface area contributed by atoms with E-state index in [1.807, 2.05) is 26.0 Å². The lowest BCUT2D eigenvalue weighted by Crippen LogP contribution is -2.15. The predicted octanol–water partition coefficient (Wildman–Crippen LogP) is 5.83. The summed E-state index contributed by atoms with van der Waals surface area (Å²) in [5.74, 6) is -2.73. The van der Waals surface area contributed by atoms with Gasteiger partial charge >= 0.3 is 5.97 Å². The summed E-state index contributed by atoms with van der Waals surface area (Å²) in [5, 5.41) is 2.91. The molecule has 0 spiro atoms. The van der Waals surface area contributed by atoms with Crippen molar-refractivity contribution in [3.05, 3.63) is 70.1 Å². The summed E-state index contributed by atoms with van der Waals surface area (Å²) in [6.07, 6.45) is 0. The van der Waals surface area contributed by atoms with Crippen molar-refractivity contribution in [3.63, 3.8) is 0 Å². The van der Waals surface area contributed by atoms with Gasteiger partial charge in [0, 0.05) is 16.0 Å². The van der Waals surface area contributed by atoms with Gasteiger partial charge in [0.25, 0.3) is 5.91 Å². The number of hydrogen-bond acceptors (Lipinski definition) is 5. The Balaban J connectivity index is 2.02. The molecular formula is C23H21F2NO4S. The van der Waals surface area contributed by atoms with Gasteiger partial charge in [-0.05, 0) is 56.7 Å². The van der Waals surface area contributed by atoms with Crippen LogP contribution in [0.3, 0.4) is 0 Å². The number of hydrogen-bond donors (Lipinski definition) is 1. The average Bonchev–Trinajstić information content (AvgIpc) is 3.06. The third-order valence-electron chi connectivity index (χ3n) is 4.43. The highest BCUT2D eigenvalue weighted by molar-refractivity contribution is 7.17. The molecule has 0 saturated carbocycles. The van der Waals surface area contributed by atoms with Crippen molar-refractivity contribution in [2.45, 2.75) is 20.8 Å². The molecule has 0 atom stereocenters. The smallest absolute Gasteiger partial charge is 0.341 e. The summed E-state index contributed by atoms with van der Waals surface area (Å²) in [5.41, 5.74) is 1.53. The summed E-state index contributed by atoms with van der Waals surface area (Å²) in [4.78, 5) is 26.2. The fraction of sp³-hybridized carbons (Fsp3) is 0.217. The Morgan fingerprint density at radius 1 is 1.00 bits per heavy atom. The molecule has 1 N–H and O–H groups in total. The van der Waals surface area contributed by atoms with Crippen LogP contribution in [0.25, 0.3) is 11.1 Å². The third-order valence-corrected chi connectivity index (χ3v) is 5.45. The molecule has 0 bridgehead atoms. The van der Waals surface area contributed by atoms with Gasteiger partial charge in [-0.1, -0.05) is 12.1 Å². The van der Waals surface area contributed by atoms with Gasteiger partial charge in [-0.2, -0.15) is 0 Å². The monoisotopic (exact) mass is 445 g/mol. The molecule has 3 rings (SSSR count). The highest BCUT2D eigenvalue weighted by atomic mass is 32.1. The highest BCUT2D eigenvalue weighted by Gasteiger charge is 2.26. The summed E-state index contributed by atoms with van der Waals surface area (Å²) >= 11 is 1.20. The molecule has 0 saturated heterocycles. The van der Waals surface area contributed by atoms with Crippen LogP contribution in [-0.2, 0) is 4.74 Å². The highest BCUT2D eigenvalue weighted by Crippen LogP contribution is 2.41. The summed E-state index contributed by atoms with van der Waals surface area (Å²) in [6.45, 7) is 6.09. The van der Waals surface area contributed by atoms with Gasteiger partial charge in [0.05, 0.1) is 13.2 Å². The molecule has 31 heavy (non-hydrogen) atoms. The van der Waals surface area contributed by atoms with Gasteiger partial charge < -0.3 is 14.8 Å². The van der Waals surface area contributed by atoms with Crippen LogP contribution in [0.2, 0.25) is 0 Å². The van der Waals surface area contributed by atoms with E-state index in [2.05, 4.69) is 5.32 Å². The first kappa shape index (κ1) is 22.4. The van der Waals surface area contributed by atoms with E-state index in [0.29, 0.717) is 17.9 Å². The van der Waals surface area contributed by atoms with Crippen LogP contribution in [0.15, 0.2) is 42.5 Å². The maximum atomic E-state index is 13.5. The fourth-order valence-electron chi connectivity index (χ4n) is 3.08. The molecule has 0 radical (unpaired) electrons. The first-order valence-electron chi connectivity index (χ1n) is 9.65. The average molecular weight is 445 g/mol. The maximum Gasteiger partial charge on any atom is 0.341 e. The van der Waals surface area contributed by atoms with Crippen molar-refractivity contribution < 1.29 is 27.8 Å². The molecule has 0 aliphatic carbocycles. The predicted molar refractivity (Wildman–Crippen MR) is 116 cm³/mol. The summed E-state index contributed by atoms with van der Waals surface area (Å²) in [6, 6.07) is 10.1. The lowest BCUT2D eigenvalue weighted by Gasteiger charge is -2.10. The van der Waals surface area contributed by atoms with Gasteiger partial charge in [-0.15, -0.1) is 11.3 Å². The number of halogens is 2. The standard InChI is InChI=1S/C23H21F2NO4S/c1-4-29-16-9-6-14(7-10-16)19-13(3)31-22(20(19)23(28)30-5-2)26-21(27)15-8-11-17(24)18(25)12-15/h6-12H,4-5H2,1-3H3,(H,26,27). The second-order valence-corrected chi connectivity index (χ2v) is 7.72. The molecule has 3 aromatic rings. The van der Waals surface area contributed by atoms with E-state index >= 15 is 0 Å². The van der Waals surface area contributed by atoms with Gasteiger partial charge in [0.2, 0.25) is 0 Å². The molecule has 5 nitrogen and oxygen atoms in total. The number of carbonyl (C=O) groups excluding carboxylic acids is 2. The number of esters is 1. The van der Waals surface area contributed by atoms with Crippen molar-refractivity contribution in [2.75, 3.05) is 18.5 Å². The van der Waals surface area contributed by atoms with Gasteiger partial charge in [-0.3, -0.25) is 4.79 Å². The Morgan fingerprint density at radius 2 is 1.71 bits per heavy atom. The second-order valence-electron chi connectivity index (χ2n) is 6.50. The second kappa shape index (κ2) is 9.70. The van der Waals surface area contributed by atoms with Crippen LogP contribution in [0.5, 0.6) is 5.75 Å². The SMILES string of the molecule is CCOC(=O)c1c(NC(=O)c2ccc(F)c(F)c2)sc(C)c1-c1ccc(OCC)cc1.